The van der Waals surface area contributed by atoms with E-state index in [2.05, 4.69) is 10.4 Å². The van der Waals surface area contributed by atoms with Crippen LogP contribution in [0, 0.1) is 13.8 Å². The molecule has 2 aromatic rings. The number of nitrogens with one attached hydrogen (secondary N) is 1. The molecule has 2 amide bonds. The molecule has 0 radical (unpaired) electrons. The number of para-hydroxylation sites is 1. The molecule has 1 aromatic heterocycles. The number of hydrogen-bond acceptors (Lipinski definition) is 3. The maximum atomic E-state index is 13.1. The standard InChI is InChI=1S/C19H24N4O2/c1-13-8-4-5-9-16(13)23-14(2)15(12-21-23)19(25)22-11-7-6-10-17(22)18(24)20-3/h4-5,8-9,12,17H,6-7,10-11H2,1-3H3,(H,20,24). The average Bonchev–Trinajstić information content (AvgIpc) is 3.02. The van der Waals surface area contributed by atoms with Crippen LogP contribution in [0.15, 0.2) is 30.5 Å². The number of hydrogen-bond donors (Lipinski definition) is 1. The molecule has 1 aromatic carbocycles. The molecule has 25 heavy (non-hydrogen) atoms. The Hall–Kier alpha value is -2.63. The number of rotatable bonds is 3. The third kappa shape index (κ3) is 3.16. The number of likely N-dealkylation sites (tertiary alicyclic amines) is 1. The topological polar surface area (TPSA) is 67.2 Å². The molecular formula is C19H24N4O2. The first-order valence-electron chi connectivity index (χ1n) is 8.67. The lowest BCUT2D eigenvalue weighted by Gasteiger charge is -2.34. The fourth-order valence-electron chi connectivity index (χ4n) is 3.43. The van der Waals surface area contributed by atoms with Gasteiger partial charge >= 0.3 is 0 Å². The summed E-state index contributed by atoms with van der Waals surface area (Å²) in [7, 11) is 1.61. The van der Waals surface area contributed by atoms with E-state index in [9.17, 15) is 9.59 Å². The first kappa shape index (κ1) is 17.2. The molecule has 1 N–H and O–H groups in total. The Morgan fingerprint density at radius 3 is 2.68 bits per heavy atom. The van der Waals surface area contributed by atoms with Crippen LogP contribution in [0.25, 0.3) is 5.69 Å². The smallest absolute Gasteiger partial charge is 0.258 e. The molecule has 132 valence electrons. The number of aromatic nitrogens is 2. The number of nitrogens with zero attached hydrogens (tertiary/aromatic N) is 3. The van der Waals surface area contributed by atoms with Gasteiger partial charge < -0.3 is 10.2 Å². The molecule has 1 atom stereocenters. The predicted molar refractivity (Wildman–Crippen MR) is 95.8 cm³/mol. The zero-order valence-corrected chi connectivity index (χ0v) is 15.0. The van der Waals surface area contributed by atoms with Gasteiger partial charge in [0.05, 0.1) is 23.1 Å². The van der Waals surface area contributed by atoms with Crippen molar-refractivity contribution in [1.29, 1.82) is 0 Å². The monoisotopic (exact) mass is 340 g/mol. The van der Waals surface area contributed by atoms with Crippen LogP contribution in [0.4, 0.5) is 0 Å². The maximum Gasteiger partial charge on any atom is 0.258 e. The van der Waals surface area contributed by atoms with Crippen molar-refractivity contribution in [2.75, 3.05) is 13.6 Å². The number of carbonyl (C=O) groups is 2. The summed E-state index contributed by atoms with van der Waals surface area (Å²) in [5.74, 6) is -0.220. The molecule has 0 spiro atoms. The normalized spacial score (nSPS) is 17.4. The molecule has 6 nitrogen and oxygen atoms in total. The van der Waals surface area contributed by atoms with Gasteiger partial charge in [0.2, 0.25) is 5.91 Å². The number of benzene rings is 1. The highest BCUT2D eigenvalue weighted by Gasteiger charge is 2.33. The second kappa shape index (κ2) is 7.09. The number of carbonyl (C=O) groups excluding carboxylic acids is 2. The fraction of sp³-hybridized carbons (Fsp3) is 0.421. The van der Waals surface area contributed by atoms with Crippen LogP contribution < -0.4 is 5.32 Å². The molecule has 0 saturated carbocycles. The zero-order valence-electron chi connectivity index (χ0n) is 15.0. The minimum Gasteiger partial charge on any atom is -0.357 e. The van der Waals surface area contributed by atoms with Crippen molar-refractivity contribution in [3.8, 4) is 5.69 Å². The van der Waals surface area contributed by atoms with Gasteiger partial charge in [-0.3, -0.25) is 9.59 Å². The Balaban J connectivity index is 1.93. The van der Waals surface area contributed by atoms with E-state index >= 15 is 0 Å². The second-order valence-electron chi connectivity index (χ2n) is 6.47. The van der Waals surface area contributed by atoms with Gasteiger partial charge in [-0.15, -0.1) is 0 Å². The highest BCUT2D eigenvalue weighted by atomic mass is 16.2. The summed E-state index contributed by atoms with van der Waals surface area (Å²) in [6.07, 6.45) is 4.20. The Morgan fingerprint density at radius 2 is 1.96 bits per heavy atom. The van der Waals surface area contributed by atoms with E-state index in [1.807, 2.05) is 38.1 Å². The molecule has 0 aliphatic carbocycles. The van der Waals surface area contributed by atoms with Crippen molar-refractivity contribution < 1.29 is 9.59 Å². The number of aryl methyl sites for hydroxylation is 1. The van der Waals surface area contributed by atoms with E-state index in [4.69, 9.17) is 0 Å². The van der Waals surface area contributed by atoms with Crippen LogP contribution in [-0.2, 0) is 4.79 Å². The van der Waals surface area contributed by atoms with Crippen molar-refractivity contribution in [2.45, 2.75) is 39.2 Å². The number of amides is 2. The van der Waals surface area contributed by atoms with Crippen molar-refractivity contribution in [3.63, 3.8) is 0 Å². The highest BCUT2D eigenvalue weighted by molar-refractivity contribution is 5.98. The molecule has 2 heterocycles. The Labute approximate surface area is 147 Å². The van der Waals surface area contributed by atoms with E-state index in [1.165, 1.54) is 0 Å². The summed E-state index contributed by atoms with van der Waals surface area (Å²) >= 11 is 0. The van der Waals surface area contributed by atoms with E-state index < -0.39 is 6.04 Å². The predicted octanol–water partition coefficient (Wildman–Crippen LogP) is 2.23. The quantitative estimate of drug-likeness (QED) is 0.932. The van der Waals surface area contributed by atoms with E-state index in [0.29, 0.717) is 18.5 Å². The van der Waals surface area contributed by atoms with Gasteiger partial charge in [-0.1, -0.05) is 18.2 Å². The maximum absolute atomic E-state index is 13.1. The van der Waals surface area contributed by atoms with Crippen LogP contribution in [0.5, 0.6) is 0 Å². The molecule has 0 bridgehead atoms. The SMILES string of the molecule is CNC(=O)C1CCCCN1C(=O)c1cnn(-c2ccccc2C)c1C. The van der Waals surface area contributed by atoms with Crippen LogP contribution in [0.1, 0.15) is 40.9 Å². The van der Waals surface area contributed by atoms with Crippen LogP contribution in [0.2, 0.25) is 0 Å². The van der Waals surface area contributed by atoms with Crippen molar-refractivity contribution in [3.05, 3.63) is 47.3 Å². The molecule has 6 heteroatoms. The van der Waals surface area contributed by atoms with Crippen molar-refractivity contribution in [1.82, 2.24) is 20.0 Å². The first-order chi connectivity index (χ1) is 12.0. The number of likely N-dealkylation sites (N-methyl/N-ethyl adjacent to an activating group) is 1. The average molecular weight is 340 g/mol. The summed E-state index contributed by atoms with van der Waals surface area (Å²) < 4.78 is 1.79. The molecule has 1 fully saturated rings. The fourth-order valence-corrected chi connectivity index (χ4v) is 3.43. The third-order valence-corrected chi connectivity index (χ3v) is 4.90. The van der Waals surface area contributed by atoms with Crippen LogP contribution >= 0.6 is 0 Å². The summed E-state index contributed by atoms with van der Waals surface area (Å²) in [6.45, 7) is 4.52. The summed E-state index contributed by atoms with van der Waals surface area (Å²) in [5.41, 5.74) is 3.40. The third-order valence-electron chi connectivity index (χ3n) is 4.90. The highest BCUT2D eigenvalue weighted by Crippen LogP contribution is 2.23. The number of piperidine rings is 1. The molecule has 1 aliphatic heterocycles. The molecular weight excluding hydrogens is 316 g/mol. The zero-order chi connectivity index (χ0) is 18.0. The van der Waals surface area contributed by atoms with E-state index in [1.54, 1.807) is 22.8 Å². The Kier molecular flexibility index (Phi) is 4.88. The minimum absolute atomic E-state index is 0.100. The Morgan fingerprint density at radius 1 is 1.20 bits per heavy atom. The second-order valence-corrected chi connectivity index (χ2v) is 6.47. The van der Waals surface area contributed by atoms with Gasteiger partial charge in [-0.05, 0) is 44.7 Å². The van der Waals surface area contributed by atoms with Gasteiger partial charge in [0.25, 0.3) is 5.91 Å². The van der Waals surface area contributed by atoms with E-state index in [-0.39, 0.29) is 11.8 Å². The largest absolute Gasteiger partial charge is 0.357 e. The van der Waals surface area contributed by atoms with Gasteiger partial charge in [-0.2, -0.15) is 5.10 Å². The van der Waals surface area contributed by atoms with Crippen LogP contribution in [-0.4, -0.2) is 46.1 Å². The van der Waals surface area contributed by atoms with Crippen LogP contribution in [0.3, 0.4) is 0 Å². The summed E-state index contributed by atoms with van der Waals surface area (Å²) in [4.78, 5) is 26.9. The molecule has 1 unspecified atom stereocenters. The lowest BCUT2D eigenvalue weighted by molar-refractivity contribution is -0.126. The van der Waals surface area contributed by atoms with Gasteiger partial charge in [0.15, 0.2) is 0 Å². The van der Waals surface area contributed by atoms with Gasteiger partial charge in [0, 0.05) is 13.6 Å². The van der Waals surface area contributed by atoms with Crippen molar-refractivity contribution >= 4 is 11.8 Å². The Bertz CT molecular complexity index is 796. The molecule has 1 saturated heterocycles. The first-order valence-corrected chi connectivity index (χ1v) is 8.67. The summed E-state index contributed by atoms with van der Waals surface area (Å²) in [6, 6.07) is 7.54. The van der Waals surface area contributed by atoms with Gasteiger partial charge in [-0.25, -0.2) is 4.68 Å². The molecule has 3 rings (SSSR count). The van der Waals surface area contributed by atoms with E-state index in [0.717, 1.165) is 29.8 Å². The minimum atomic E-state index is -0.396. The lowest BCUT2D eigenvalue weighted by atomic mass is 10.00. The van der Waals surface area contributed by atoms with Gasteiger partial charge in [0.1, 0.15) is 6.04 Å². The molecule has 1 aliphatic rings. The summed E-state index contributed by atoms with van der Waals surface area (Å²) in [5, 5.41) is 7.09. The lowest BCUT2D eigenvalue weighted by Crippen LogP contribution is -2.51. The van der Waals surface area contributed by atoms with Crippen molar-refractivity contribution in [2.24, 2.45) is 0 Å².